The monoisotopic (exact) mass is 457 g/mol. The third-order valence-electron chi connectivity index (χ3n) is 5.37. The van der Waals surface area contributed by atoms with E-state index in [1.54, 1.807) is 45.9 Å². The fraction of sp³-hybridized carbons (Fsp3) is 0.192. The lowest BCUT2D eigenvalue weighted by molar-refractivity contribution is 0.324. The van der Waals surface area contributed by atoms with Crippen LogP contribution in [0.1, 0.15) is 19.4 Å². The van der Waals surface area contributed by atoms with Crippen molar-refractivity contribution in [3.63, 3.8) is 0 Å². The van der Waals surface area contributed by atoms with Crippen LogP contribution in [-0.2, 0) is 0 Å². The van der Waals surface area contributed by atoms with Crippen LogP contribution in [0.3, 0.4) is 0 Å². The summed E-state index contributed by atoms with van der Waals surface area (Å²) in [6.45, 7) is 8.41. The minimum absolute atomic E-state index is 0.383. The highest BCUT2D eigenvalue weighted by Gasteiger charge is 2.22. The van der Waals surface area contributed by atoms with Crippen LogP contribution >= 0.6 is 0 Å². The van der Waals surface area contributed by atoms with Crippen molar-refractivity contribution in [2.24, 2.45) is 9.98 Å². The number of nitrogens with zero attached hydrogens (tertiary/aromatic N) is 4. The zero-order valence-corrected chi connectivity index (χ0v) is 19.9. The Morgan fingerprint density at radius 2 is 1.71 bits per heavy atom. The van der Waals surface area contributed by atoms with Crippen LogP contribution in [0.5, 0.6) is 17.2 Å². The number of fused-ring (bicyclic) bond motifs is 1. The molecule has 8 heteroatoms. The van der Waals surface area contributed by atoms with Gasteiger partial charge in [-0.15, -0.1) is 0 Å². The van der Waals surface area contributed by atoms with Gasteiger partial charge in [-0.05, 0) is 25.5 Å². The summed E-state index contributed by atoms with van der Waals surface area (Å²) in [5.74, 6) is 1.90. The number of nitrogens with one attached hydrogen (secondary N) is 1. The highest BCUT2D eigenvalue weighted by molar-refractivity contribution is 6.00. The number of ether oxygens (including phenoxy) is 3. The van der Waals surface area contributed by atoms with Gasteiger partial charge in [0.15, 0.2) is 11.5 Å². The Bertz CT molecular complexity index is 1310. The minimum Gasteiger partial charge on any atom is -0.493 e. The molecule has 1 aliphatic heterocycles. The van der Waals surface area contributed by atoms with Crippen LogP contribution in [0, 0.1) is 0 Å². The Morgan fingerprint density at radius 3 is 2.35 bits per heavy atom. The summed E-state index contributed by atoms with van der Waals surface area (Å²) < 4.78 is 16.3. The lowest BCUT2D eigenvalue weighted by atomic mass is 10.1. The molecule has 2 aromatic carbocycles. The number of hydrazine groups is 1. The minimum atomic E-state index is 0.383. The summed E-state index contributed by atoms with van der Waals surface area (Å²) in [5, 5.41) is 2.92. The van der Waals surface area contributed by atoms with Crippen molar-refractivity contribution < 1.29 is 14.2 Å². The lowest BCUT2D eigenvalue weighted by Crippen LogP contribution is -2.43. The second kappa shape index (κ2) is 9.66. The maximum absolute atomic E-state index is 5.44. The Balaban J connectivity index is 1.75. The molecule has 34 heavy (non-hydrogen) atoms. The van der Waals surface area contributed by atoms with Gasteiger partial charge >= 0.3 is 0 Å². The van der Waals surface area contributed by atoms with E-state index in [9.17, 15) is 0 Å². The average Bonchev–Trinajstić information content (AvgIpc) is 2.87. The molecule has 3 aromatic rings. The summed E-state index contributed by atoms with van der Waals surface area (Å²) in [7, 11) is 4.69. The molecule has 0 bridgehead atoms. The number of guanidine groups is 1. The Labute approximate surface area is 198 Å². The van der Waals surface area contributed by atoms with Crippen molar-refractivity contribution >= 4 is 34.5 Å². The van der Waals surface area contributed by atoms with E-state index in [2.05, 4.69) is 27.0 Å². The SMILES string of the molecule is C=C(c1cccc2cccnc12)N1NC(=Nc2cc(OC)c(OC)c(OC)c2)N=CC1=C(C)C. The van der Waals surface area contributed by atoms with Gasteiger partial charge in [0, 0.05) is 29.3 Å². The third-order valence-corrected chi connectivity index (χ3v) is 5.37. The van der Waals surface area contributed by atoms with Crippen LogP contribution < -0.4 is 19.6 Å². The fourth-order valence-corrected chi connectivity index (χ4v) is 3.70. The molecule has 0 amide bonds. The predicted molar refractivity (Wildman–Crippen MR) is 136 cm³/mol. The number of pyridine rings is 1. The maximum Gasteiger partial charge on any atom is 0.242 e. The van der Waals surface area contributed by atoms with Crippen LogP contribution in [0.4, 0.5) is 5.69 Å². The highest BCUT2D eigenvalue weighted by atomic mass is 16.5. The van der Waals surface area contributed by atoms with Crippen LogP contribution in [0.25, 0.3) is 16.6 Å². The Kier molecular flexibility index (Phi) is 6.49. The first-order chi connectivity index (χ1) is 16.5. The van der Waals surface area contributed by atoms with Crippen molar-refractivity contribution in [2.45, 2.75) is 13.8 Å². The summed E-state index contributed by atoms with van der Waals surface area (Å²) in [6, 6.07) is 13.5. The number of aromatic nitrogens is 1. The second-order valence-corrected chi connectivity index (χ2v) is 7.74. The van der Waals surface area contributed by atoms with Gasteiger partial charge in [0.25, 0.3) is 0 Å². The van der Waals surface area contributed by atoms with Crippen molar-refractivity contribution in [3.05, 3.63) is 72.1 Å². The number of benzene rings is 2. The molecule has 0 unspecified atom stereocenters. The maximum atomic E-state index is 5.44. The largest absolute Gasteiger partial charge is 0.493 e. The van der Waals surface area contributed by atoms with E-state index in [1.165, 1.54) is 0 Å². The first-order valence-electron chi connectivity index (χ1n) is 10.7. The molecule has 0 aliphatic carbocycles. The molecule has 8 nitrogen and oxygen atoms in total. The molecule has 0 spiro atoms. The molecule has 2 heterocycles. The van der Waals surface area contributed by atoms with Crippen LogP contribution in [0.15, 0.2) is 76.5 Å². The lowest BCUT2D eigenvalue weighted by Gasteiger charge is -2.32. The number of hydrogen-bond acceptors (Lipinski definition) is 6. The normalized spacial score (nSPS) is 14.2. The van der Waals surface area contributed by atoms with Crippen molar-refractivity contribution in [1.29, 1.82) is 0 Å². The van der Waals surface area contributed by atoms with E-state index < -0.39 is 0 Å². The van der Waals surface area contributed by atoms with Crippen LogP contribution in [-0.4, -0.2) is 43.5 Å². The molecule has 0 fully saturated rings. The topological polar surface area (TPSA) is 80.6 Å². The van der Waals surface area contributed by atoms with Gasteiger partial charge in [0.05, 0.1) is 50.1 Å². The quantitative estimate of drug-likeness (QED) is 0.554. The molecule has 1 aromatic heterocycles. The summed E-state index contributed by atoms with van der Waals surface area (Å²) in [6.07, 6.45) is 3.55. The van der Waals surface area contributed by atoms with E-state index in [0.717, 1.165) is 33.4 Å². The molecule has 174 valence electrons. The van der Waals surface area contributed by atoms with Crippen molar-refractivity contribution in [1.82, 2.24) is 15.4 Å². The van der Waals surface area contributed by atoms with Crippen molar-refractivity contribution in [2.75, 3.05) is 21.3 Å². The first kappa shape index (κ1) is 22.8. The van der Waals surface area contributed by atoms with E-state index in [-0.39, 0.29) is 0 Å². The molecule has 0 radical (unpaired) electrons. The number of aliphatic imine (C=N–C) groups is 2. The molecule has 0 saturated carbocycles. The fourth-order valence-electron chi connectivity index (χ4n) is 3.70. The van der Waals surface area contributed by atoms with Gasteiger partial charge in [-0.3, -0.25) is 15.4 Å². The Morgan fingerprint density at radius 1 is 1.00 bits per heavy atom. The molecule has 1 N–H and O–H groups in total. The van der Waals surface area contributed by atoms with Gasteiger partial charge < -0.3 is 14.2 Å². The third kappa shape index (κ3) is 4.30. The number of hydrogen-bond donors (Lipinski definition) is 1. The van der Waals surface area contributed by atoms with E-state index in [0.29, 0.717) is 28.9 Å². The van der Waals surface area contributed by atoms with Gasteiger partial charge in [0.1, 0.15) is 0 Å². The first-order valence-corrected chi connectivity index (χ1v) is 10.7. The highest BCUT2D eigenvalue weighted by Crippen LogP contribution is 2.41. The number of allylic oxidation sites excluding steroid dienone is 2. The van der Waals surface area contributed by atoms with E-state index in [1.807, 2.05) is 49.2 Å². The standard InChI is InChI=1S/C26H27N5O3/c1-16(2)21-15-28-26(29-19-13-22(32-4)25(34-6)23(14-19)33-5)30-31(21)17(3)20-11-7-9-18-10-8-12-27-24(18)20/h7-15H,3H2,1-2,4-6H3,(H,29,30). The van der Waals surface area contributed by atoms with E-state index >= 15 is 0 Å². The van der Waals surface area contributed by atoms with Gasteiger partial charge in [0.2, 0.25) is 11.7 Å². The second-order valence-electron chi connectivity index (χ2n) is 7.74. The van der Waals surface area contributed by atoms with E-state index in [4.69, 9.17) is 14.2 Å². The number of methoxy groups -OCH3 is 3. The zero-order chi connectivity index (χ0) is 24.2. The smallest absolute Gasteiger partial charge is 0.242 e. The molecular formula is C26H27N5O3. The average molecular weight is 458 g/mol. The number of rotatable bonds is 6. The molecule has 0 atom stereocenters. The van der Waals surface area contributed by atoms with Crippen molar-refractivity contribution in [3.8, 4) is 17.2 Å². The predicted octanol–water partition coefficient (Wildman–Crippen LogP) is 5.10. The summed E-state index contributed by atoms with van der Waals surface area (Å²) in [5.41, 5.74) is 8.33. The zero-order valence-electron chi connectivity index (χ0n) is 19.9. The molecule has 1 aliphatic rings. The number of para-hydroxylation sites is 1. The van der Waals surface area contributed by atoms with Gasteiger partial charge in [-0.25, -0.2) is 9.98 Å². The summed E-state index contributed by atoms with van der Waals surface area (Å²) >= 11 is 0. The van der Waals surface area contributed by atoms with Crippen LogP contribution in [0.2, 0.25) is 0 Å². The van der Waals surface area contributed by atoms with Gasteiger partial charge in [-0.1, -0.05) is 30.8 Å². The van der Waals surface area contributed by atoms with Gasteiger partial charge in [-0.2, -0.15) is 0 Å². The molecular weight excluding hydrogens is 430 g/mol. The molecule has 0 saturated heterocycles. The summed E-state index contributed by atoms with van der Waals surface area (Å²) in [4.78, 5) is 13.8. The molecule has 4 rings (SSSR count). The Hall–Kier alpha value is -4.33.